The first-order valence-electron chi connectivity index (χ1n) is 11.3. The number of sulfonamides is 1. The van der Waals surface area contributed by atoms with Gasteiger partial charge in [0.05, 0.1) is 17.8 Å². The molecule has 0 radical (unpaired) electrons. The highest BCUT2D eigenvalue weighted by molar-refractivity contribution is 7.89. The van der Waals surface area contributed by atoms with Gasteiger partial charge in [0.15, 0.2) is 11.5 Å². The van der Waals surface area contributed by atoms with Gasteiger partial charge in [0.1, 0.15) is 5.82 Å². The lowest BCUT2D eigenvalue weighted by Gasteiger charge is -2.31. The molecular formula is C25H29N5O3S. The average Bonchev–Trinajstić information content (AvgIpc) is 3.26. The first-order valence-corrected chi connectivity index (χ1v) is 12.8. The summed E-state index contributed by atoms with van der Waals surface area (Å²) in [5.74, 6) is 1.21. The van der Waals surface area contributed by atoms with E-state index in [1.54, 1.807) is 30.6 Å². The van der Waals surface area contributed by atoms with Gasteiger partial charge in [-0.15, -0.1) is 0 Å². The van der Waals surface area contributed by atoms with Crippen molar-refractivity contribution >= 4 is 21.7 Å². The number of aromatic nitrogens is 2. The van der Waals surface area contributed by atoms with Crippen LogP contribution in [0.25, 0.3) is 0 Å². The number of anilines is 1. The molecule has 0 bridgehead atoms. The fourth-order valence-electron chi connectivity index (χ4n) is 3.84. The Morgan fingerprint density at radius 3 is 2.35 bits per heavy atom. The minimum atomic E-state index is -3.58. The summed E-state index contributed by atoms with van der Waals surface area (Å²) < 4.78 is 29.6. The Balaban J connectivity index is 1.49. The molecule has 3 aromatic rings. The van der Waals surface area contributed by atoms with Crippen molar-refractivity contribution in [1.29, 1.82) is 0 Å². The molecule has 34 heavy (non-hydrogen) atoms. The van der Waals surface area contributed by atoms with Gasteiger partial charge in [-0.2, -0.15) is 0 Å². The lowest BCUT2D eigenvalue weighted by Crippen LogP contribution is -2.41. The van der Waals surface area contributed by atoms with E-state index in [1.165, 1.54) is 0 Å². The van der Waals surface area contributed by atoms with Gasteiger partial charge in [-0.1, -0.05) is 48.9 Å². The fraction of sp³-hybridized carbons (Fsp3) is 0.280. The van der Waals surface area contributed by atoms with Crippen LogP contribution in [0, 0.1) is 6.92 Å². The number of hydrogen-bond donors (Lipinski definition) is 2. The average molecular weight is 480 g/mol. The highest BCUT2D eigenvalue weighted by Gasteiger charge is 2.31. The number of carbonyl (C=O) groups is 1. The van der Waals surface area contributed by atoms with Gasteiger partial charge in [0, 0.05) is 13.1 Å². The summed E-state index contributed by atoms with van der Waals surface area (Å²) in [7, 11) is -3.58. The number of carbonyl (C=O) groups excluding carboxylic acids is 1. The summed E-state index contributed by atoms with van der Waals surface area (Å²) >= 11 is 0. The highest BCUT2D eigenvalue weighted by Crippen LogP contribution is 2.28. The molecule has 0 fully saturated rings. The first kappa shape index (κ1) is 23.7. The predicted molar refractivity (Wildman–Crippen MR) is 132 cm³/mol. The number of fused-ring (bicyclic) bond motifs is 1. The van der Waals surface area contributed by atoms with Gasteiger partial charge in [-0.25, -0.2) is 18.1 Å². The number of nitrogens with one attached hydrogen (secondary N) is 2. The van der Waals surface area contributed by atoms with Crippen LogP contribution in [-0.2, 0) is 29.7 Å². The van der Waals surface area contributed by atoms with Crippen LogP contribution in [0.5, 0.6) is 0 Å². The Morgan fingerprint density at radius 1 is 1.03 bits per heavy atom. The summed E-state index contributed by atoms with van der Waals surface area (Å²) in [6.07, 6.45) is 4.44. The third-order valence-corrected chi connectivity index (χ3v) is 7.14. The number of hydrogen-bond acceptors (Lipinski definition) is 5. The van der Waals surface area contributed by atoms with Crippen molar-refractivity contribution in [1.82, 2.24) is 19.6 Å². The molecule has 1 aliphatic heterocycles. The second-order valence-corrected chi connectivity index (χ2v) is 9.96. The second-order valence-electron chi connectivity index (χ2n) is 8.19. The number of nitrogens with zero attached hydrogens (tertiary/aromatic N) is 3. The van der Waals surface area contributed by atoms with Crippen LogP contribution in [0.2, 0.25) is 0 Å². The lowest BCUT2D eigenvalue weighted by molar-refractivity contribution is 0.0951. The van der Waals surface area contributed by atoms with Crippen molar-refractivity contribution in [2.45, 2.75) is 51.7 Å². The van der Waals surface area contributed by atoms with Gasteiger partial charge in [-0.3, -0.25) is 4.79 Å². The maximum atomic E-state index is 12.6. The fourth-order valence-corrected chi connectivity index (χ4v) is 4.85. The van der Waals surface area contributed by atoms with Crippen molar-refractivity contribution < 1.29 is 13.2 Å². The third-order valence-electron chi connectivity index (χ3n) is 5.72. The van der Waals surface area contributed by atoms with Crippen LogP contribution < -0.4 is 14.9 Å². The number of imidazole rings is 1. The summed E-state index contributed by atoms with van der Waals surface area (Å²) in [6.45, 7) is 7.29. The number of benzene rings is 2. The van der Waals surface area contributed by atoms with Crippen molar-refractivity contribution in [3.8, 4) is 0 Å². The van der Waals surface area contributed by atoms with Crippen LogP contribution >= 0.6 is 0 Å². The van der Waals surface area contributed by atoms with E-state index in [4.69, 9.17) is 0 Å². The highest BCUT2D eigenvalue weighted by atomic mass is 32.2. The largest absolute Gasteiger partial charge is 0.325 e. The van der Waals surface area contributed by atoms with E-state index < -0.39 is 10.0 Å². The Hall–Kier alpha value is -3.43. The van der Waals surface area contributed by atoms with E-state index in [2.05, 4.69) is 15.0 Å². The van der Waals surface area contributed by atoms with E-state index in [1.807, 2.05) is 60.6 Å². The zero-order valence-electron chi connectivity index (χ0n) is 19.6. The van der Waals surface area contributed by atoms with E-state index in [0.717, 1.165) is 28.9 Å². The Bertz CT molecular complexity index is 1310. The standard InChI is InChI=1S/C25H29N5O3S/c1-4-6-22-28-25(31)23-24(26-17-29(23)5-2)30(22)16-20-11-9-19(10-12-20)15-27-34(32,33)21-13-7-18(3)8-14-21/h6-14,17,27H,4-5,15-16H2,1-3H3,(H,28,31). The molecule has 178 valence electrons. The van der Waals surface area contributed by atoms with Gasteiger partial charge < -0.3 is 14.8 Å². The Kier molecular flexibility index (Phi) is 6.85. The molecule has 9 heteroatoms. The second kappa shape index (κ2) is 9.82. The number of allylic oxidation sites excluding steroid dienone is 1. The molecular weight excluding hydrogens is 450 g/mol. The summed E-state index contributed by atoms with van der Waals surface area (Å²) in [4.78, 5) is 19.4. The van der Waals surface area contributed by atoms with E-state index in [9.17, 15) is 13.2 Å². The van der Waals surface area contributed by atoms with Crippen molar-refractivity contribution in [2.75, 3.05) is 4.90 Å². The summed E-state index contributed by atoms with van der Waals surface area (Å²) in [5, 5.41) is 2.98. The van der Waals surface area contributed by atoms with Crippen LogP contribution in [0.1, 0.15) is 47.4 Å². The van der Waals surface area contributed by atoms with Crippen LogP contribution in [0.3, 0.4) is 0 Å². The SMILES string of the molecule is CCC=C1NC(=O)c2c(ncn2CC)N1Cc1ccc(CNS(=O)(=O)c2ccc(C)cc2)cc1. The number of rotatable bonds is 8. The molecule has 0 saturated heterocycles. The van der Waals surface area contributed by atoms with Gasteiger partial charge in [-0.05, 0) is 49.6 Å². The normalized spacial score (nSPS) is 14.9. The monoisotopic (exact) mass is 479 g/mol. The molecule has 2 aromatic carbocycles. The molecule has 0 spiro atoms. The van der Waals surface area contributed by atoms with Crippen LogP contribution in [0.4, 0.5) is 5.82 Å². The molecule has 2 heterocycles. The minimum Gasteiger partial charge on any atom is -0.325 e. The molecule has 1 aliphatic rings. The van der Waals surface area contributed by atoms with Gasteiger partial charge in [0.2, 0.25) is 10.0 Å². The molecule has 2 N–H and O–H groups in total. The predicted octanol–water partition coefficient (Wildman–Crippen LogP) is 3.69. The quantitative estimate of drug-likeness (QED) is 0.514. The van der Waals surface area contributed by atoms with Crippen LogP contribution in [0.15, 0.2) is 71.7 Å². The van der Waals surface area contributed by atoms with Crippen LogP contribution in [-0.4, -0.2) is 23.9 Å². The number of amides is 1. The zero-order chi connectivity index (χ0) is 24.3. The summed E-state index contributed by atoms with van der Waals surface area (Å²) in [6, 6.07) is 14.5. The van der Waals surface area contributed by atoms with E-state index >= 15 is 0 Å². The smallest absolute Gasteiger partial charge is 0.277 e. The van der Waals surface area contributed by atoms with E-state index in [-0.39, 0.29) is 17.3 Å². The van der Waals surface area contributed by atoms with Gasteiger partial charge in [0.25, 0.3) is 5.91 Å². The molecule has 1 amide bonds. The molecule has 0 aliphatic carbocycles. The maximum absolute atomic E-state index is 12.6. The van der Waals surface area contributed by atoms with Gasteiger partial charge >= 0.3 is 0 Å². The number of aryl methyl sites for hydroxylation is 2. The van der Waals surface area contributed by atoms with E-state index in [0.29, 0.717) is 24.6 Å². The maximum Gasteiger partial charge on any atom is 0.277 e. The minimum absolute atomic E-state index is 0.151. The molecule has 8 nitrogen and oxygen atoms in total. The lowest BCUT2D eigenvalue weighted by atomic mass is 10.1. The zero-order valence-corrected chi connectivity index (χ0v) is 20.4. The van der Waals surface area contributed by atoms with Crippen molar-refractivity contribution in [3.63, 3.8) is 0 Å². The third kappa shape index (κ3) is 4.90. The summed E-state index contributed by atoms with van der Waals surface area (Å²) in [5.41, 5.74) is 3.43. The molecule has 4 rings (SSSR count). The Morgan fingerprint density at radius 2 is 1.71 bits per heavy atom. The Labute approximate surface area is 200 Å². The van der Waals surface area contributed by atoms with Crippen molar-refractivity contribution in [3.05, 3.63) is 89.1 Å². The first-order chi connectivity index (χ1) is 16.3. The van der Waals surface area contributed by atoms with Crippen molar-refractivity contribution in [2.24, 2.45) is 0 Å². The molecule has 0 unspecified atom stereocenters. The molecule has 0 atom stereocenters. The molecule has 0 saturated carbocycles. The molecule has 1 aromatic heterocycles. The topological polar surface area (TPSA) is 96.3 Å².